The SMILES string of the molecule is COc1nccc(-c2nc3n4c(c(N5CCN(C(=O)c6ncnc(C)c6O)CC5)c(=O)n3n2)[C@H](C)C[C@@H]4C(=O)Nc2ccc(C(F)(F)F)cc2Cl)c1F. The van der Waals surface area contributed by atoms with E-state index in [0.717, 1.165) is 16.6 Å². The first-order valence-corrected chi connectivity index (χ1v) is 16.5. The first-order chi connectivity index (χ1) is 25.2. The van der Waals surface area contributed by atoms with Crippen LogP contribution in [0, 0.1) is 12.7 Å². The van der Waals surface area contributed by atoms with Gasteiger partial charge in [0.1, 0.15) is 18.1 Å². The molecule has 2 atom stereocenters. The Labute approximate surface area is 301 Å². The summed E-state index contributed by atoms with van der Waals surface area (Å²) in [6.45, 7) is 3.92. The molecule has 15 nitrogen and oxygen atoms in total. The second-order valence-corrected chi connectivity index (χ2v) is 12.9. The van der Waals surface area contributed by atoms with E-state index in [4.69, 9.17) is 16.3 Å². The zero-order chi connectivity index (χ0) is 37.9. The minimum absolute atomic E-state index is 0.0677. The topological polar surface area (TPSA) is 173 Å². The van der Waals surface area contributed by atoms with Crippen molar-refractivity contribution in [2.75, 3.05) is 43.5 Å². The number of aromatic nitrogens is 7. The normalized spacial score (nSPS) is 17.3. The Hall–Kier alpha value is -5.85. The number of ether oxygens (including phenoxy) is 1. The number of carbonyl (C=O) groups excluding carboxylic acids is 2. The number of halogens is 5. The van der Waals surface area contributed by atoms with Crippen molar-refractivity contribution in [2.24, 2.45) is 0 Å². The highest BCUT2D eigenvalue weighted by Crippen LogP contribution is 2.43. The quantitative estimate of drug-likeness (QED) is 0.238. The molecule has 4 aromatic heterocycles. The van der Waals surface area contributed by atoms with E-state index >= 15 is 4.39 Å². The lowest BCUT2D eigenvalue weighted by atomic mass is 10.0. The molecule has 276 valence electrons. The first-order valence-electron chi connectivity index (χ1n) is 16.2. The molecule has 2 aliphatic rings. The smallest absolute Gasteiger partial charge is 0.416 e. The molecule has 1 fully saturated rings. The third-order valence-electron chi connectivity index (χ3n) is 9.30. The van der Waals surface area contributed by atoms with Gasteiger partial charge in [-0.15, -0.1) is 5.10 Å². The van der Waals surface area contributed by atoms with Crippen molar-refractivity contribution >= 4 is 40.6 Å². The number of fused-ring (bicyclic) bond motifs is 3. The van der Waals surface area contributed by atoms with Crippen LogP contribution in [0.25, 0.3) is 17.2 Å². The monoisotopic (exact) mass is 756 g/mol. The van der Waals surface area contributed by atoms with Gasteiger partial charge in [-0.25, -0.2) is 19.3 Å². The summed E-state index contributed by atoms with van der Waals surface area (Å²) < 4.78 is 62.7. The minimum atomic E-state index is -4.65. The molecule has 7 rings (SSSR count). The highest BCUT2D eigenvalue weighted by Gasteiger charge is 2.41. The van der Waals surface area contributed by atoms with Crippen LogP contribution in [0.1, 0.15) is 52.7 Å². The third-order valence-corrected chi connectivity index (χ3v) is 9.61. The molecule has 0 aliphatic carbocycles. The largest absolute Gasteiger partial charge is 0.504 e. The zero-order valence-electron chi connectivity index (χ0n) is 28.1. The predicted molar refractivity (Wildman–Crippen MR) is 181 cm³/mol. The number of pyridine rings is 1. The van der Waals surface area contributed by atoms with Gasteiger partial charge >= 0.3 is 6.18 Å². The van der Waals surface area contributed by atoms with Gasteiger partial charge in [0.15, 0.2) is 23.1 Å². The number of carbonyl (C=O) groups is 2. The number of piperazine rings is 1. The van der Waals surface area contributed by atoms with Crippen molar-refractivity contribution in [3.05, 3.63) is 80.6 Å². The van der Waals surface area contributed by atoms with Crippen LogP contribution >= 0.6 is 11.6 Å². The van der Waals surface area contributed by atoms with E-state index in [1.54, 1.807) is 11.8 Å². The van der Waals surface area contributed by atoms with Crippen LogP contribution in [0.5, 0.6) is 11.6 Å². The summed E-state index contributed by atoms with van der Waals surface area (Å²) >= 11 is 6.16. The van der Waals surface area contributed by atoms with E-state index in [0.29, 0.717) is 11.8 Å². The van der Waals surface area contributed by atoms with Gasteiger partial charge in [-0.1, -0.05) is 18.5 Å². The Kier molecular flexibility index (Phi) is 8.91. The van der Waals surface area contributed by atoms with E-state index in [-0.39, 0.29) is 89.2 Å². The summed E-state index contributed by atoms with van der Waals surface area (Å²) in [6.07, 6.45) is -2.06. The van der Waals surface area contributed by atoms with Crippen LogP contribution in [0.15, 0.2) is 41.6 Å². The molecule has 0 unspecified atom stereocenters. The van der Waals surface area contributed by atoms with E-state index in [2.05, 4.69) is 30.4 Å². The van der Waals surface area contributed by atoms with Crippen molar-refractivity contribution in [1.82, 2.24) is 39.0 Å². The summed E-state index contributed by atoms with van der Waals surface area (Å²) in [4.78, 5) is 61.0. The maximum absolute atomic E-state index is 15.4. The average molecular weight is 757 g/mol. The van der Waals surface area contributed by atoms with Gasteiger partial charge < -0.3 is 25.0 Å². The van der Waals surface area contributed by atoms with Gasteiger partial charge in [-0.3, -0.25) is 19.0 Å². The second kappa shape index (κ2) is 13.3. The fourth-order valence-corrected chi connectivity index (χ4v) is 6.88. The van der Waals surface area contributed by atoms with Crippen LogP contribution < -0.4 is 20.5 Å². The van der Waals surface area contributed by atoms with Gasteiger partial charge in [0, 0.05) is 38.3 Å². The van der Waals surface area contributed by atoms with Crippen LogP contribution in [-0.4, -0.2) is 89.2 Å². The van der Waals surface area contributed by atoms with E-state index in [9.17, 15) is 32.7 Å². The number of hydrogen-bond acceptors (Lipinski definition) is 11. The number of aromatic hydroxyl groups is 1. The van der Waals surface area contributed by atoms with E-state index in [1.165, 1.54) is 42.1 Å². The number of alkyl halides is 3. The number of amides is 2. The van der Waals surface area contributed by atoms with Crippen LogP contribution in [0.3, 0.4) is 0 Å². The summed E-state index contributed by atoms with van der Waals surface area (Å²) in [5.41, 5.74) is -1.14. The van der Waals surface area contributed by atoms with Gasteiger partial charge in [0.25, 0.3) is 17.3 Å². The number of hydrogen-bond donors (Lipinski definition) is 2. The van der Waals surface area contributed by atoms with Crippen LogP contribution in [0.4, 0.5) is 28.9 Å². The lowest BCUT2D eigenvalue weighted by Crippen LogP contribution is -2.51. The standard InChI is InChI=1S/C33H29ClF4N10O5/c1-15-12-21(28(50)42-20-5-4-17(13-19(20)34)33(36,37)38)47-24(15)25(45-8-10-46(11-9-45)30(51)23-26(49)16(2)40-14-41-23)31(52)48-32(47)43-27(44-48)18-6-7-39-29(53-3)22(18)35/h4-7,13-15,21,49H,8-12H2,1-3H3,(H,42,50)/t15-,21-/m1/s1. The third kappa shape index (κ3) is 6.13. The number of rotatable bonds is 6. The molecule has 2 amide bonds. The van der Waals surface area contributed by atoms with Gasteiger partial charge in [-0.05, 0) is 37.6 Å². The first kappa shape index (κ1) is 35.5. The Morgan fingerprint density at radius 1 is 1.09 bits per heavy atom. The number of anilines is 2. The highest BCUT2D eigenvalue weighted by atomic mass is 35.5. The average Bonchev–Trinajstić information content (AvgIpc) is 3.72. The number of aryl methyl sites for hydroxylation is 1. The molecule has 2 N–H and O–H groups in total. The summed E-state index contributed by atoms with van der Waals surface area (Å²) in [5.74, 6) is -3.47. The lowest BCUT2D eigenvalue weighted by Gasteiger charge is -2.36. The number of methoxy groups -OCH3 is 1. The predicted octanol–water partition coefficient (Wildman–Crippen LogP) is 4.23. The van der Waals surface area contributed by atoms with Crippen molar-refractivity contribution in [1.29, 1.82) is 0 Å². The molecule has 1 aromatic carbocycles. The second-order valence-electron chi connectivity index (χ2n) is 12.5. The maximum atomic E-state index is 15.4. The van der Waals surface area contributed by atoms with Crippen molar-refractivity contribution in [3.8, 4) is 23.0 Å². The summed E-state index contributed by atoms with van der Waals surface area (Å²) in [5, 5.41) is 17.0. The Morgan fingerprint density at radius 2 is 1.83 bits per heavy atom. The number of benzene rings is 1. The van der Waals surface area contributed by atoms with Gasteiger partial charge in [-0.2, -0.15) is 22.7 Å². The van der Waals surface area contributed by atoms with Crippen LogP contribution in [-0.2, 0) is 11.0 Å². The fourth-order valence-electron chi connectivity index (χ4n) is 6.65. The Morgan fingerprint density at radius 3 is 2.51 bits per heavy atom. The minimum Gasteiger partial charge on any atom is -0.504 e. The Bertz CT molecular complexity index is 2360. The molecule has 53 heavy (non-hydrogen) atoms. The molecular weight excluding hydrogens is 728 g/mol. The lowest BCUT2D eigenvalue weighted by molar-refractivity contribution is -0.137. The molecule has 0 bridgehead atoms. The van der Waals surface area contributed by atoms with Crippen LogP contribution in [0.2, 0.25) is 5.02 Å². The van der Waals surface area contributed by atoms with Crippen molar-refractivity contribution in [3.63, 3.8) is 0 Å². The molecule has 5 aromatic rings. The van der Waals surface area contributed by atoms with E-state index in [1.807, 2.05) is 0 Å². The molecule has 0 radical (unpaired) electrons. The summed E-state index contributed by atoms with van der Waals surface area (Å²) in [7, 11) is 1.23. The maximum Gasteiger partial charge on any atom is 0.416 e. The summed E-state index contributed by atoms with van der Waals surface area (Å²) in [6, 6.07) is 2.78. The van der Waals surface area contributed by atoms with Gasteiger partial charge in [0.2, 0.25) is 11.7 Å². The molecule has 2 aliphatic heterocycles. The molecule has 0 spiro atoms. The molecule has 0 saturated carbocycles. The van der Waals surface area contributed by atoms with Crippen molar-refractivity contribution in [2.45, 2.75) is 38.4 Å². The van der Waals surface area contributed by atoms with Gasteiger partial charge in [0.05, 0.1) is 40.3 Å². The fraction of sp³-hybridized carbons (Fsp3) is 0.333. The molecule has 1 saturated heterocycles. The molecule has 20 heteroatoms. The molecule has 6 heterocycles. The number of nitrogens with zero attached hydrogens (tertiary/aromatic N) is 9. The van der Waals surface area contributed by atoms with E-state index < -0.39 is 46.9 Å². The Balaban J connectivity index is 1.30. The molecular formula is C33H29ClF4N10O5. The number of nitrogens with one attached hydrogen (secondary N) is 1. The van der Waals surface area contributed by atoms with Crippen molar-refractivity contribution < 1.29 is 37.0 Å². The zero-order valence-corrected chi connectivity index (χ0v) is 28.9. The highest BCUT2D eigenvalue weighted by molar-refractivity contribution is 6.33.